The average molecular weight is 484 g/mol. The van der Waals surface area contributed by atoms with Crippen molar-refractivity contribution in [3.05, 3.63) is 60.2 Å². The van der Waals surface area contributed by atoms with Crippen LogP contribution in [0.1, 0.15) is 37.9 Å². The van der Waals surface area contributed by atoms with Gasteiger partial charge in [0.1, 0.15) is 17.7 Å². The SMILES string of the molecule is O=C(Nc1ccc(-c2nnc3n2CCCCC3)cc1)[C@@H]1CCCN1S(=O)(=O)c1ccc(F)cc1. The van der Waals surface area contributed by atoms with Gasteiger partial charge in [0.15, 0.2) is 5.82 Å². The molecule has 10 heteroatoms. The lowest BCUT2D eigenvalue weighted by Crippen LogP contribution is -2.43. The third-order valence-electron chi connectivity index (χ3n) is 6.45. The first-order valence-electron chi connectivity index (χ1n) is 11.5. The smallest absolute Gasteiger partial charge is 0.243 e. The number of sulfonamides is 1. The first-order chi connectivity index (χ1) is 16.4. The molecule has 0 saturated carbocycles. The summed E-state index contributed by atoms with van der Waals surface area (Å²) in [7, 11) is -3.90. The van der Waals surface area contributed by atoms with Crippen LogP contribution in [0.2, 0.25) is 0 Å². The van der Waals surface area contributed by atoms with Crippen LogP contribution >= 0.6 is 0 Å². The Bertz CT molecular complexity index is 1290. The van der Waals surface area contributed by atoms with E-state index in [1.54, 1.807) is 12.1 Å². The molecule has 1 amide bonds. The minimum absolute atomic E-state index is 0.0228. The molecule has 2 aliphatic heterocycles. The van der Waals surface area contributed by atoms with Crippen LogP contribution in [0.25, 0.3) is 11.4 Å². The van der Waals surface area contributed by atoms with E-state index in [1.807, 2.05) is 12.1 Å². The summed E-state index contributed by atoms with van der Waals surface area (Å²) in [6.07, 6.45) is 5.34. The number of anilines is 1. The monoisotopic (exact) mass is 483 g/mol. The summed E-state index contributed by atoms with van der Waals surface area (Å²) in [5, 5.41) is 11.5. The van der Waals surface area contributed by atoms with E-state index >= 15 is 0 Å². The highest BCUT2D eigenvalue weighted by Gasteiger charge is 2.39. The molecule has 1 aromatic heterocycles. The van der Waals surface area contributed by atoms with E-state index in [0.29, 0.717) is 18.5 Å². The largest absolute Gasteiger partial charge is 0.325 e. The predicted octanol–water partition coefficient (Wildman–Crippen LogP) is 3.60. The molecule has 0 bridgehead atoms. The molecule has 1 N–H and O–H groups in total. The molecule has 0 spiro atoms. The Kier molecular flexibility index (Phi) is 6.18. The van der Waals surface area contributed by atoms with Crippen LogP contribution in [-0.2, 0) is 27.8 Å². The van der Waals surface area contributed by atoms with Crippen molar-refractivity contribution in [1.82, 2.24) is 19.1 Å². The molecule has 3 aromatic rings. The number of hydrogen-bond donors (Lipinski definition) is 1. The number of rotatable bonds is 5. The Morgan fingerprint density at radius 1 is 0.941 bits per heavy atom. The summed E-state index contributed by atoms with van der Waals surface area (Å²) in [6, 6.07) is 11.2. The zero-order valence-electron chi connectivity index (χ0n) is 18.7. The molecule has 2 aliphatic rings. The van der Waals surface area contributed by atoms with Crippen molar-refractivity contribution < 1.29 is 17.6 Å². The first kappa shape index (κ1) is 22.7. The molecule has 1 fully saturated rings. The van der Waals surface area contributed by atoms with Crippen LogP contribution in [0.3, 0.4) is 0 Å². The quantitative estimate of drug-likeness (QED) is 0.598. The zero-order valence-corrected chi connectivity index (χ0v) is 19.5. The van der Waals surface area contributed by atoms with E-state index in [-0.39, 0.29) is 17.3 Å². The minimum atomic E-state index is -3.90. The third kappa shape index (κ3) is 4.35. The first-order valence-corrected chi connectivity index (χ1v) is 13.0. The number of aryl methyl sites for hydroxylation is 1. The molecule has 0 aliphatic carbocycles. The molecule has 1 atom stereocenters. The third-order valence-corrected chi connectivity index (χ3v) is 8.37. The highest BCUT2D eigenvalue weighted by atomic mass is 32.2. The van der Waals surface area contributed by atoms with Crippen LogP contribution in [0.15, 0.2) is 53.4 Å². The number of carbonyl (C=O) groups excluding carboxylic acids is 1. The van der Waals surface area contributed by atoms with Gasteiger partial charge in [0.25, 0.3) is 0 Å². The maximum absolute atomic E-state index is 13.2. The summed E-state index contributed by atoms with van der Waals surface area (Å²) >= 11 is 0. The summed E-state index contributed by atoms with van der Waals surface area (Å²) in [5.74, 6) is 0.934. The predicted molar refractivity (Wildman–Crippen MR) is 125 cm³/mol. The highest BCUT2D eigenvalue weighted by Crippen LogP contribution is 2.28. The molecular weight excluding hydrogens is 457 g/mol. The summed E-state index contributed by atoms with van der Waals surface area (Å²) < 4.78 is 42.7. The lowest BCUT2D eigenvalue weighted by molar-refractivity contribution is -0.119. The molecule has 5 rings (SSSR count). The standard InChI is InChI=1S/C24H26FN5O3S/c25-18-9-13-20(14-10-18)34(32,33)30-16-4-5-21(30)24(31)26-19-11-7-17(8-12-19)23-28-27-22-6-2-1-3-15-29(22)23/h7-14,21H,1-6,15-16H2,(H,26,31)/t21-/m0/s1. The van der Waals surface area contributed by atoms with Gasteiger partial charge in [-0.3, -0.25) is 4.79 Å². The van der Waals surface area contributed by atoms with Crippen LogP contribution in [0, 0.1) is 5.82 Å². The molecule has 8 nitrogen and oxygen atoms in total. The van der Waals surface area contributed by atoms with Gasteiger partial charge in [-0.2, -0.15) is 4.31 Å². The van der Waals surface area contributed by atoms with Gasteiger partial charge in [-0.05, 0) is 74.2 Å². The van der Waals surface area contributed by atoms with E-state index in [1.165, 1.54) is 22.9 Å². The average Bonchev–Trinajstić information content (AvgIpc) is 3.42. The van der Waals surface area contributed by atoms with E-state index in [4.69, 9.17) is 0 Å². The van der Waals surface area contributed by atoms with Crippen molar-refractivity contribution in [2.45, 2.75) is 56.0 Å². The summed E-state index contributed by atoms with van der Waals surface area (Å²) in [4.78, 5) is 13.0. The summed E-state index contributed by atoms with van der Waals surface area (Å²) in [6.45, 7) is 1.14. The van der Waals surface area contributed by atoms with Gasteiger partial charge in [0.2, 0.25) is 15.9 Å². The Hall–Kier alpha value is -3.11. The fraction of sp³-hybridized carbons (Fsp3) is 0.375. The van der Waals surface area contributed by atoms with Gasteiger partial charge in [-0.25, -0.2) is 12.8 Å². The maximum atomic E-state index is 13.2. The van der Waals surface area contributed by atoms with E-state index < -0.39 is 21.9 Å². The highest BCUT2D eigenvalue weighted by molar-refractivity contribution is 7.89. The van der Waals surface area contributed by atoms with Gasteiger partial charge in [0.05, 0.1) is 4.90 Å². The van der Waals surface area contributed by atoms with Crippen molar-refractivity contribution in [1.29, 1.82) is 0 Å². The van der Waals surface area contributed by atoms with Crippen molar-refractivity contribution in [3.63, 3.8) is 0 Å². The van der Waals surface area contributed by atoms with Crippen LogP contribution in [-0.4, -0.2) is 46.0 Å². The second-order valence-corrected chi connectivity index (χ2v) is 10.6. The van der Waals surface area contributed by atoms with Gasteiger partial charge < -0.3 is 9.88 Å². The van der Waals surface area contributed by atoms with Gasteiger partial charge >= 0.3 is 0 Å². The number of amides is 1. The van der Waals surface area contributed by atoms with E-state index in [2.05, 4.69) is 20.1 Å². The Labute approximate surface area is 197 Å². The molecule has 0 radical (unpaired) electrons. The lowest BCUT2D eigenvalue weighted by atomic mass is 10.1. The van der Waals surface area contributed by atoms with Crippen molar-refractivity contribution >= 4 is 21.6 Å². The minimum Gasteiger partial charge on any atom is -0.325 e. The molecule has 178 valence electrons. The Morgan fingerprint density at radius 2 is 1.71 bits per heavy atom. The number of benzene rings is 2. The number of nitrogens with one attached hydrogen (secondary N) is 1. The number of aromatic nitrogens is 3. The molecular formula is C24H26FN5O3S. The molecule has 1 saturated heterocycles. The number of fused-ring (bicyclic) bond motifs is 1. The number of carbonyl (C=O) groups is 1. The van der Waals surface area contributed by atoms with Crippen LogP contribution < -0.4 is 5.32 Å². The van der Waals surface area contributed by atoms with Gasteiger partial charge in [-0.15, -0.1) is 10.2 Å². The number of nitrogens with zero attached hydrogens (tertiary/aromatic N) is 4. The number of halogens is 1. The molecule has 0 unspecified atom stereocenters. The Morgan fingerprint density at radius 3 is 2.47 bits per heavy atom. The van der Waals surface area contributed by atoms with Crippen molar-refractivity contribution in [2.24, 2.45) is 0 Å². The van der Waals surface area contributed by atoms with E-state index in [0.717, 1.165) is 55.2 Å². The zero-order chi connectivity index (χ0) is 23.7. The van der Waals surface area contributed by atoms with Crippen molar-refractivity contribution in [3.8, 4) is 11.4 Å². The lowest BCUT2D eigenvalue weighted by Gasteiger charge is -2.23. The van der Waals surface area contributed by atoms with E-state index in [9.17, 15) is 17.6 Å². The Balaban J connectivity index is 1.30. The second kappa shape index (κ2) is 9.27. The van der Waals surface area contributed by atoms with Gasteiger partial charge in [-0.1, -0.05) is 6.42 Å². The van der Waals surface area contributed by atoms with Crippen molar-refractivity contribution in [2.75, 3.05) is 11.9 Å². The fourth-order valence-electron chi connectivity index (χ4n) is 4.66. The fourth-order valence-corrected chi connectivity index (χ4v) is 6.32. The molecule has 2 aromatic carbocycles. The normalized spacial score (nSPS) is 18.9. The summed E-state index contributed by atoms with van der Waals surface area (Å²) in [5.41, 5.74) is 1.50. The maximum Gasteiger partial charge on any atom is 0.243 e. The second-order valence-electron chi connectivity index (χ2n) is 8.70. The van der Waals surface area contributed by atoms with Crippen LogP contribution in [0.4, 0.5) is 10.1 Å². The number of hydrogen-bond acceptors (Lipinski definition) is 5. The topological polar surface area (TPSA) is 97.2 Å². The van der Waals surface area contributed by atoms with Gasteiger partial charge in [0, 0.05) is 30.8 Å². The molecule has 34 heavy (non-hydrogen) atoms. The van der Waals surface area contributed by atoms with Crippen LogP contribution in [0.5, 0.6) is 0 Å². The molecule has 3 heterocycles.